The third kappa shape index (κ3) is 13.1. The van der Waals surface area contributed by atoms with Crippen LogP contribution in [0.25, 0.3) is 21.5 Å². The zero-order chi connectivity index (χ0) is 31.4. The van der Waals surface area contributed by atoms with Gasteiger partial charge < -0.3 is 10.2 Å². The lowest BCUT2D eigenvalue weighted by molar-refractivity contribution is -0.138. The number of unbranched alkanes of at least 4 members (excludes halogenated alkanes) is 11. The third-order valence-electron chi connectivity index (χ3n) is 8.08. The van der Waals surface area contributed by atoms with Gasteiger partial charge >= 0.3 is 11.9 Å². The number of aliphatic carboxylic acids is 2. The fraction of sp³-hybridized carbons (Fsp3) is 0.410. The van der Waals surface area contributed by atoms with E-state index in [1.165, 1.54) is 76.2 Å². The van der Waals surface area contributed by atoms with Crippen molar-refractivity contribution in [1.82, 2.24) is 0 Å². The maximum atomic E-state index is 12.0. The molecule has 4 aromatic rings. The predicted molar refractivity (Wildman–Crippen MR) is 180 cm³/mol. The average molecular weight is 597 g/mol. The van der Waals surface area contributed by atoms with Gasteiger partial charge in [-0.25, -0.2) is 0 Å². The molecule has 0 bridgehead atoms. The van der Waals surface area contributed by atoms with Gasteiger partial charge in [0.05, 0.1) is 6.42 Å². The highest BCUT2D eigenvalue weighted by molar-refractivity contribution is 6.10. The molecule has 0 amide bonds. The Kier molecular flexibility index (Phi) is 15.7. The summed E-state index contributed by atoms with van der Waals surface area (Å²) in [7, 11) is 0. The monoisotopic (exact) mass is 596 g/mol. The Morgan fingerprint density at radius 1 is 0.455 bits per heavy atom. The lowest BCUT2D eigenvalue weighted by atomic mass is 9.98. The summed E-state index contributed by atoms with van der Waals surface area (Å²) in [6.07, 6.45) is 16.7. The molecule has 0 saturated carbocycles. The largest absolute Gasteiger partial charge is 0.481 e. The first-order valence-corrected chi connectivity index (χ1v) is 16.4. The van der Waals surface area contributed by atoms with E-state index in [1.54, 1.807) is 6.07 Å². The molecule has 0 aliphatic carbocycles. The van der Waals surface area contributed by atoms with Crippen LogP contribution in [0.2, 0.25) is 0 Å². The van der Waals surface area contributed by atoms with E-state index in [9.17, 15) is 14.4 Å². The molecule has 0 atom stereocenters. The summed E-state index contributed by atoms with van der Waals surface area (Å²) in [5, 5.41) is 21.6. The summed E-state index contributed by atoms with van der Waals surface area (Å²) in [4.78, 5) is 32.9. The number of ketones is 1. The van der Waals surface area contributed by atoms with E-state index in [0.29, 0.717) is 12.0 Å². The molecule has 0 aliphatic heterocycles. The molecule has 0 fully saturated rings. The van der Waals surface area contributed by atoms with Gasteiger partial charge in [0.25, 0.3) is 0 Å². The van der Waals surface area contributed by atoms with Crippen LogP contribution in [-0.2, 0) is 16.0 Å². The molecule has 0 aliphatic rings. The fourth-order valence-electron chi connectivity index (χ4n) is 5.57. The maximum absolute atomic E-state index is 12.0. The van der Waals surface area contributed by atoms with Gasteiger partial charge in [0.1, 0.15) is 0 Å². The zero-order valence-electron chi connectivity index (χ0n) is 26.0. The molecule has 4 rings (SSSR count). The Morgan fingerprint density at radius 2 is 0.977 bits per heavy atom. The number of aryl methyl sites for hydroxylation is 1. The topological polar surface area (TPSA) is 91.7 Å². The van der Waals surface area contributed by atoms with Crippen molar-refractivity contribution >= 4 is 39.3 Å². The Balaban J connectivity index is 0.000000241. The Labute approximate surface area is 262 Å². The van der Waals surface area contributed by atoms with Crippen LogP contribution in [0.15, 0.2) is 84.9 Å². The number of hydrogen-bond acceptors (Lipinski definition) is 3. The first-order chi connectivity index (χ1) is 21.4. The van der Waals surface area contributed by atoms with Crippen LogP contribution in [0, 0.1) is 0 Å². The first kappa shape index (κ1) is 34.5. The number of fused-ring (bicyclic) bond motifs is 3. The van der Waals surface area contributed by atoms with Crippen LogP contribution >= 0.6 is 0 Å². The van der Waals surface area contributed by atoms with Gasteiger partial charge in [0.2, 0.25) is 0 Å². The van der Waals surface area contributed by atoms with E-state index >= 15 is 0 Å². The first-order valence-electron chi connectivity index (χ1n) is 16.4. The van der Waals surface area contributed by atoms with Crippen molar-refractivity contribution in [2.45, 2.75) is 103 Å². The quantitative estimate of drug-likeness (QED) is 0.0638. The molecule has 0 unspecified atom stereocenters. The number of Topliss-reactive ketones (excluding diaryl/α,β-unsaturated/α-hetero) is 1. The number of carboxylic acids is 2. The van der Waals surface area contributed by atoms with Gasteiger partial charge in [-0.2, -0.15) is 0 Å². The fourth-order valence-corrected chi connectivity index (χ4v) is 5.57. The second-order valence-corrected chi connectivity index (χ2v) is 11.7. The van der Waals surface area contributed by atoms with Crippen LogP contribution in [-0.4, -0.2) is 27.9 Å². The van der Waals surface area contributed by atoms with Crippen molar-refractivity contribution in [2.75, 3.05) is 0 Å². The SMILES string of the molecule is O=C(O)CCC(=O)c1ccc2c(ccc3ccccc32)c1.O=C(O)CCCCCCCCCCCCCCc1ccccc1. The summed E-state index contributed by atoms with van der Waals surface area (Å²) in [6.45, 7) is 0. The molecule has 5 nitrogen and oxygen atoms in total. The van der Waals surface area contributed by atoms with E-state index in [0.717, 1.165) is 34.4 Å². The van der Waals surface area contributed by atoms with Crippen molar-refractivity contribution in [1.29, 1.82) is 0 Å². The van der Waals surface area contributed by atoms with Crippen molar-refractivity contribution in [3.63, 3.8) is 0 Å². The summed E-state index contributed by atoms with van der Waals surface area (Å²) in [5.41, 5.74) is 2.04. The Morgan fingerprint density at radius 3 is 1.61 bits per heavy atom. The molecule has 0 heterocycles. The molecule has 5 heteroatoms. The lowest BCUT2D eigenvalue weighted by Gasteiger charge is -2.06. The molecular weight excluding hydrogens is 548 g/mol. The van der Waals surface area contributed by atoms with Gasteiger partial charge in [-0.15, -0.1) is 0 Å². The number of benzene rings is 4. The van der Waals surface area contributed by atoms with Gasteiger partial charge in [0, 0.05) is 18.4 Å². The van der Waals surface area contributed by atoms with E-state index in [2.05, 4.69) is 42.5 Å². The van der Waals surface area contributed by atoms with Crippen molar-refractivity contribution in [3.05, 3.63) is 96.1 Å². The van der Waals surface area contributed by atoms with Crippen LogP contribution in [0.1, 0.15) is 112 Å². The third-order valence-corrected chi connectivity index (χ3v) is 8.08. The Bertz CT molecular complexity index is 1440. The molecule has 234 valence electrons. The van der Waals surface area contributed by atoms with E-state index in [-0.39, 0.29) is 18.6 Å². The van der Waals surface area contributed by atoms with Crippen molar-refractivity contribution < 1.29 is 24.6 Å². The van der Waals surface area contributed by atoms with Gasteiger partial charge in [-0.3, -0.25) is 14.4 Å². The molecule has 0 aromatic heterocycles. The molecule has 44 heavy (non-hydrogen) atoms. The van der Waals surface area contributed by atoms with Crippen molar-refractivity contribution in [2.24, 2.45) is 0 Å². The molecular formula is C39H48O5. The van der Waals surface area contributed by atoms with E-state index in [4.69, 9.17) is 10.2 Å². The number of rotatable bonds is 19. The highest BCUT2D eigenvalue weighted by Crippen LogP contribution is 2.26. The standard InChI is InChI=1S/C21H34O2.C18H14O3/c22-21(23)19-15-10-8-6-4-2-1-3-5-7-9-12-16-20-17-13-11-14-18-20;19-17(9-10-18(20)21)14-7-8-16-13(11-14)6-5-12-3-1-2-4-15(12)16/h11,13-14,17-18H,1-10,12,15-16,19H2,(H,22,23);1-8,11H,9-10H2,(H,20,21). The minimum absolute atomic E-state index is 0.0361. The number of hydrogen-bond donors (Lipinski definition) is 2. The smallest absolute Gasteiger partial charge is 0.303 e. The molecule has 0 saturated heterocycles. The molecule has 4 aromatic carbocycles. The number of carbonyl (C=O) groups excluding carboxylic acids is 1. The second kappa shape index (κ2) is 20.1. The summed E-state index contributed by atoms with van der Waals surface area (Å²) >= 11 is 0. The van der Waals surface area contributed by atoms with Crippen LogP contribution < -0.4 is 0 Å². The number of carbonyl (C=O) groups is 3. The van der Waals surface area contributed by atoms with E-state index < -0.39 is 11.9 Å². The van der Waals surface area contributed by atoms with Crippen LogP contribution in [0.4, 0.5) is 0 Å². The minimum atomic E-state index is -0.949. The van der Waals surface area contributed by atoms with Gasteiger partial charge in [-0.05, 0) is 52.4 Å². The highest BCUT2D eigenvalue weighted by Gasteiger charge is 2.10. The van der Waals surface area contributed by atoms with Crippen LogP contribution in [0.5, 0.6) is 0 Å². The Hall–Kier alpha value is -3.99. The molecule has 0 radical (unpaired) electrons. The molecule has 2 N–H and O–H groups in total. The van der Waals surface area contributed by atoms with E-state index in [1.807, 2.05) is 36.4 Å². The summed E-state index contributed by atoms with van der Waals surface area (Å²) in [6, 6.07) is 28.5. The van der Waals surface area contributed by atoms with Crippen molar-refractivity contribution in [3.8, 4) is 0 Å². The highest BCUT2D eigenvalue weighted by atomic mass is 16.4. The second-order valence-electron chi connectivity index (χ2n) is 11.7. The lowest BCUT2D eigenvalue weighted by Crippen LogP contribution is -2.03. The predicted octanol–water partition coefficient (Wildman–Crippen LogP) is 10.4. The van der Waals surface area contributed by atoms with Gasteiger partial charge in [-0.1, -0.05) is 143 Å². The normalized spacial score (nSPS) is 10.8. The average Bonchev–Trinajstić information content (AvgIpc) is 3.04. The maximum Gasteiger partial charge on any atom is 0.303 e. The zero-order valence-corrected chi connectivity index (χ0v) is 26.0. The van der Waals surface area contributed by atoms with Crippen LogP contribution in [0.3, 0.4) is 0 Å². The summed E-state index contributed by atoms with van der Waals surface area (Å²) in [5.74, 6) is -1.74. The molecule has 0 spiro atoms. The number of carboxylic acid groups (broad SMARTS) is 2. The summed E-state index contributed by atoms with van der Waals surface area (Å²) < 4.78 is 0. The van der Waals surface area contributed by atoms with Gasteiger partial charge in [0.15, 0.2) is 5.78 Å². The minimum Gasteiger partial charge on any atom is -0.481 e.